The number of hydrogen-bond acceptors (Lipinski definition) is 5. The van der Waals surface area contributed by atoms with E-state index in [0.29, 0.717) is 56.9 Å². The van der Waals surface area contributed by atoms with Gasteiger partial charge in [-0.3, -0.25) is 19.6 Å². The molecule has 0 spiro atoms. The number of urea groups is 1. The third-order valence-corrected chi connectivity index (χ3v) is 7.90. The van der Waals surface area contributed by atoms with Gasteiger partial charge in [0.15, 0.2) is 0 Å². The molecule has 0 saturated carbocycles. The highest BCUT2D eigenvalue weighted by atomic mass is 32.1. The average Bonchev–Trinajstić information content (AvgIpc) is 3.54. The van der Waals surface area contributed by atoms with Crippen LogP contribution in [0.4, 0.5) is 4.79 Å². The number of aromatic amines is 1. The monoisotopic (exact) mass is 485 g/mol. The maximum atomic E-state index is 13.6. The minimum Gasteiger partial charge on any atom is -0.337 e. The summed E-state index contributed by atoms with van der Waals surface area (Å²) in [5.41, 5.74) is 0.548. The number of nitrogens with zero attached hydrogens (tertiary/aromatic N) is 3. The van der Waals surface area contributed by atoms with Gasteiger partial charge < -0.3 is 10.2 Å². The van der Waals surface area contributed by atoms with Crippen molar-refractivity contribution in [2.75, 3.05) is 19.6 Å². The predicted octanol–water partition coefficient (Wildman–Crippen LogP) is 3.86. The molecule has 2 aliphatic heterocycles. The highest BCUT2D eigenvalue weighted by molar-refractivity contribution is 7.09. The highest BCUT2D eigenvalue weighted by Gasteiger charge is 2.55. The van der Waals surface area contributed by atoms with Gasteiger partial charge in [-0.05, 0) is 61.5 Å². The fourth-order valence-corrected chi connectivity index (χ4v) is 6.02. The molecule has 2 saturated heterocycles. The summed E-state index contributed by atoms with van der Waals surface area (Å²) in [7, 11) is 0. The maximum Gasteiger partial charge on any atom is 0.325 e. The van der Waals surface area contributed by atoms with Crippen LogP contribution in [0.2, 0.25) is 0 Å². The van der Waals surface area contributed by atoms with Crippen LogP contribution in [0.5, 0.6) is 0 Å². The number of aromatic nitrogens is 2. The number of carbonyl (C=O) groups excluding carboxylic acids is 3. The van der Waals surface area contributed by atoms with Gasteiger partial charge in [0.1, 0.15) is 11.2 Å². The zero-order chi connectivity index (χ0) is 24.3. The lowest BCUT2D eigenvalue weighted by Crippen LogP contribution is -2.56. The highest BCUT2D eigenvalue weighted by Crippen LogP contribution is 2.37. The third kappa shape index (κ3) is 4.89. The second-order valence-electron chi connectivity index (χ2n) is 9.88. The van der Waals surface area contributed by atoms with Gasteiger partial charge in [0.2, 0.25) is 0 Å². The molecule has 0 bridgehead atoms. The molecule has 8 nitrogen and oxygen atoms in total. The van der Waals surface area contributed by atoms with Crippen molar-refractivity contribution in [1.82, 2.24) is 25.3 Å². The van der Waals surface area contributed by atoms with Crippen molar-refractivity contribution in [1.29, 1.82) is 0 Å². The molecule has 1 atom stereocenters. The summed E-state index contributed by atoms with van der Waals surface area (Å²) < 4.78 is 0. The fraction of sp³-hybridized carbons (Fsp3) is 0.600. The number of imide groups is 1. The van der Waals surface area contributed by atoms with E-state index in [2.05, 4.69) is 29.4 Å². The van der Waals surface area contributed by atoms with E-state index in [9.17, 15) is 14.4 Å². The molecule has 184 valence electrons. The molecule has 0 aliphatic carbocycles. The summed E-state index contributed by atoms with van der Waals surface area (Å²) in [5.74, 6) is 0.313. The predicted molar refractivity (Wildman–Crippen MR) is 132 cm³/mol. The molecule has 1 unspecified atom stereocenters. The normalized spacial score (nSPS) is 21.5. The number of rotatable bonds is 9. The fourth-order valence-electron chi connectivity index (χ4n) is 5.32. The Balaban J connectivity index is 1.40. The molecule has 4 amide bonds. The molecule has 4 heterocycles. The van der Waals surface area contributed by atoms with Gasteiger partial charge >= 0.3 is 6.03 Å². The second kappa shape index (κ2) is 10.3. The van der Waals surface area contributed by atoms with Crippen molar-refractivity contribution in [3.05, 3.63) is 39.8 Å². The smallest absolute Gasteiger partial charge is 0.325 e. The minimum absolute atomic E-state index is 0.00961. The Hall–Kier alpha value is -2.68. The SMILES string of the molecule is CCCC1(C2CCN(C(=O)c3cc(CC(C)C)[nH]n3)CC2)NC(=O)N(CCc2cccs2)C1=O. The Labute approximate surface area is 205 Å². The number of thiophene rings is 1. The van der Waals surface area contributed by atoms with Crippen LogP contribution in [0.15, 0.2) is 23.6 Å². The van der Waals surface area contributed by atoms with Crippen molar-refractivity contribution in [3.63, 3.8) is 0 Å². The van der Waals surface area contributed by atoms with Crippen molar-refractivity contribution < 1.29 is 14.4 Å². The lowest BCUT2D eigenvalue weighted by molar-refractivity contribution is -0.134. The van der Waals surface area contributed by atoms with Crippen LogP contribution in [0.25, 0.3) is 0 Å². The summed E-state index contributed by atoms with van der Waals surface area (Å²) >= 11 is 1.64. The van der Waals surface area contributed by atoms with E-state index in [4.69, 9.17) is 0 Å². The van der Waals surface area contributed by atoms with Gasteiger partial charge in [0, 0.05) is 30.2 Å². The maximum absolute atomic E-state index is 13.6. The van der Waals surface area contributed by atoms with Crippen LogP contribution in [0, 0.1) is 11.8 Å². The zero-order valence-corrected chi connectivity index (χ0v) is 21.1. The van der Waals surface area contributed by atoms with E-state index in [1.54, 1.807) is 11.3 Å². The number of amides is 4. The largest absolute Gasteiger partial charge is 0.337 e. The van der Waals surface area contributed by atoms with E-state index in [1.807, 2.05) is 35.4 Å². The topological polar surface area (TPSA) is 98.4 Å². The molecule has 0 aromatic carbocycles. The van der Waals surface area contributed by atoms with Crippen LogP contribution in [-0.2, 0) is 17.6 Å². The van der Waals surface area contributed by atoms with E-state index in [0.717, 1.165) is 23.4 Å². The van der Waals surface area contributed by atoms with Crippen LogP contribution in [-0.4, -0.2) is 63.0 Å². The Kier molecular flexibility index (Phi) is 7.40. The minimum atomic E-state index is -0.868. The first-order chi connectivity index (χ1) is 16.3. The molecule has 34 heavy (non-hydrogen) atoms. The van der Waals surface area contributed by atoms with Crippen molar-refractivity contribution >= 4 is 29.2 Å². The number of likely N-dealkylation sites (tertiary alicyclic amines) is 1. The molecule has 2 aromatic rings. The number of carbonyl (C=O) groups is 3. The lowest BCUT2D eigenvalue weighted by Gasteiger charge is -2.40. The van der Waals surface area contributed by atoms with E-state index >= 15 is 0 Å². The summed E-state index contributed by atoms with van der Waals surface area (Å²) in [6.45, 7) is 7.81. The quantitative estimate of drug-likeness (QED) is 0.527. The summed E-state index contributed by atoms with van der Waals surface area (Å²) in [6.07, 6.45) is 4.31. The number of piperidine rings is 1. The van der Waals surface area contributed by atoms with Gasteiger partial charge in [0.05, 0.1) is 0 Å². The first-order valence-corrected chi connectivity index (χ1v) is 13.2. The average molecular weight is 486 g/mol. The van der Waals surface area contributed by atoms with Crippen molar-refractivity contribution in [2.45, 2.75) is 64.8 Å². The van der Waals surface area contributed by atoms with Gasteiger partial charge in [-0.1, -0.05) is 33.3 Å². The van der Waals surface area contributed by atoms with Crippen LogP contribution >= 0.6 is 11.3 Å². The molecule has 2 aromatic heterocycles. The summed E-state index contributed by atoms with van der Waals surface area (Å²) in [6, 6.07) is 5.57. The molecule has 2 fully saturated rings. The van der Waals surface area contributed by atoms with E-state index in [-0.39, 0.29) is 23.8 Å². The van der Waals surface area contributed by atoms with Gasteiger partial charge in [-0.15, -0.1) is 11.3 Å². The first-order valence-electron chi connectivity index (χ1n) is 12.3. The number of nitrogens with one attached hydrogen (secondary N) is 2. The van der Waals surface area contributed by atoms with Gasteiger partial charge in [0.25, 0.3) is 11.8 Å². The van der Waals surface area contributed by atoms with E-state index < -0.39 is 5.54 Å². The molecular formula is C25H35N5O3S. The van der Waals surface area contributed by atoms with E-state index in [1.165, 1.54) is 4.90 Å². The van der Waals surface area contributed by atoms with Gasteiger partial charge in [-0.25, -0.2) is 4.79 Å². The van der Waals surface area contributed by atoms with Gasteiger partial charge in [-0.2, -0.15) is 5.10 Å². The number of hydrogen-bond donors (Lipinski definition) is 2. The first kappa shape index (κ1) is 24.4. The molecule has 4 rings (SSSR count). The lowest BCUT2D eigenvalue weighted by atomic mass is 9.74. The Morgan fingerprint density at radius 1 is 1.29 bits per heavy atom. The molecular weight excluding hydrogens is 450 g/mol. The molecule has 2 N–H and O–H groups in total. The van der Waals surface area contributed by atoms with Crippen molar-refractivity contribution in [3.8, 4) is 0 Å². The van der Waals surface area contributed by atoms with Crippen LogP contribution < -0.4 is 5.32 Å². The molecule has 0 radical (unpaired) electrons. The Bertz CT molecular complexity index is 1010. The zero-order valence-electron chi connectivity index (χ0n) is 20.3. The Morgan fingerprint density at radius 2 is 2.06 bits per heavy atom. The number of H-pyrrole nitrogens is 1. The van der Waals surface area contributed by atoms with Crippen molar-refractivity contribution in [2.24, 2.45) is 11.8 Å². The second-order valence-corrected chi connectivity index (χ2v) is 10.9. The summed E-state index contributed by atoms with van der Waals surface area (Å²) in [4.78, 5) is 43.8. The standard InChI is InChI=1S/C25H35N5O3S/c1-4-10-25(23(32)30(24(33)26-25)13-9-20-6-5-14-34-20)18-7-11-29(12-8-18)22(31)21-16-19(27-28-21)15-17(2)3/h5-6,14,16-18H,4,7-13,15H2,1-3H3,(H,26,33)(H,27,28). The molecule has 2 aliphatic rings. The Morgan fingerprint density at radius 3 is 2.71 bits per heavy atom. The molecule has 9 heteroatoms. The van der Waals surface area contributed by atoms with Crippen LogP contribution in [0.3, 0.4) is 0 Å². The third-order valence-electron chi connectivity index (χ3n) is 6.97. The van der Waals surface area contributed by atoms with Crippen LogP contribution in [0.1, 0.15) is 67.5 Å². The summed E-state index contributed by atoms with van der Waals surface area (Å²) in [5, 5.41) is 12.3.